The molecule has 0 fully saturated rings. The fraction of sp³-hybridized carbons (Fsp3) is 0.733. The minimum Gasteiger partial charge on any atom is -0.349 e. The Balaban J connectivity index is 2.86. The number of halogens is 1. The highest BCUT2D eigenvalue weighted by atomic mass is 35.5. The number of nitrogens with one attached hydrogen (secondary N) is 1. The lowest BCUT2D eigenvalue weighted by molar-refractivity contribution is 0.301. The van der Waals surface area contributed by atoms with Crippen molar-refractivity contribution in [1.29, 1.82) is 0 Å². The lowest BCUT2D eigenvalue weighted by Gasteiger charge is -2.33. The quantitative estimate of drug-likeness (QED) is 0.795. The average molecular weight is 284 g/mol. The molecule has 0 spiro atoms. The van der Waals surface area contributed by atoms with Crippen LogP contribution in [0, 0.1) is 5.41 Å². The van der Waals surface area contributed by atoms with Crippen molar-refractivity contribution < 1.29 is 0 Å². The summed E-state index contributed by atoms with van der Waals surface area (Å²) < 4.78 is 0. The second kappa shape index (κ2) is 6.08. The highest BCUT2D eigenvalue weighted by Gasteiger charge is 2.26. The predicted octanol–water partition coefficient (Wildman–Crippen LogP) is 4.71. The van der Waals surface area contributed by atoms with E-state index in [4.69, 9.17) is 11.6 Å². The molecular weight excluding hydrogens is 258 g/mol. The van der Waals surface area contributed by atoms with Gasteiger partial charge in [-0.05, 0) is 38.2 Å². The fourth-order valence-electron chi connectivity index (χ4n) is 2.58. The molecular formula is C15H26ClN3. The van der Waals surface area contributed by atoms with Crippen LogP contribution in [0.15, 0.2) is 6.07 Å². The van der Waals surface area contributed by atoms with Gasteiger partial charge in [-0.25, -0.2) is 9.97 Å². The van der Waals surface area contributed by atoms with E-state index in [0.717, 1.165) is 25.0 Å². The highest BCUT2D eigenvalue weighted by molar-refractivity contribution is 6.29. The smallest absolute Gasteiger partial charge is 0.224 e. The van der Waals surface area contributed by atoms with Crippen LogP contribution >= 0.6 is 11.6 Å². The van der Waals surface area contributed by atoms with Gasteiger partial charge in [0, 0.05) is 11.2 Å². The zero-order chi connectivity index (χ0) is 14.7. The number of hydrogen-bond acceptors (Lipinski definition) is 3. The van der Waals surface area contributed by atoms with Gasteiger partial charge in [0.05, 0.1) is 0 Å². The lowest BCUT2D eigenvalue weighted by atomic mass is 9.82. The van der Waals surface area contributed by atoms with Crippen molar-refractivity contribution in [3.05, 3.63) is 16.9 Å². The van der Waals surface area contributed by atoms with Crippen molar-refractivity contribution >= 4 is 17.5 Å². The minimum absolute atomic E-state index is 0.0631. The number of hydrogen-bond donors (Lipinski definition) is 1. The van der Waals surface area contributed by atoms with Crippen molar-refractivity contribution in [1.82, 2.24) is 9.97 Å². The van der Waals surface area contributed by atoms with Crippen molar-refractivity contribution in [2.75, 3.05) is 5.32 Å². The molecule has 1 N–H and O–H groups in total. The second-order valence-electron chi connectivity index (χ2n) is 7.00. The standard InChI is InChI=1S/C15H26ClN3/c1-7-8-11-9-12(16)18-13(17-11)19-15(5,6)10-14(2,3)4/h9H,7-8,10H2,1-6H3,(H,17,18,19). The molecule has 0 amide bonds. The van der Waals surface area contributed by atoms with Gasteiger partial charge in [0.1, 0.15) is 5.15 Å². The van der Waals surface area contributed by atoms with Gasteiger partial charge < -0.3 is 5.32 Å². The van der Waals surface area contributed by atoms with Gasteiger partial charge in [0.2, 0.25) is 5.95 Å². The normalized spacial score (nSPS) is 12.6. The Bertz CT molecular complexity index is 422. The van der Waals surface area contributed by atoms with Crippen LogP contribution in [0.1, 0.15) is 60.1 Å². The van der Waals surface area contributed by atoms with E-state index in [-0.39, 0.29) is 11.0 Å². The van der Waals surface area contributed by atoms with E-state index in [9.17, 15) is 0 Å². The third-order valence-corrected chi connectivity index (χ3v) is 2.87. The largest absolute Gasteiger partial charge is 0.349 e. The van der Waals surface area contributed by atoms with E-state index in [1.807, 2.05) is 6.07 Å². The van der Waals surface area contributed by atoms with Gasteiger partial charge in [-0.2, -0.15) is 0 Å². The molecule has 19 heavy (non-hydrogen) atoms. The molecule has 0 bridgehead atoms. The maximum Gasteiger partial charge on any atom is 0.224 e. The van der Waals surface area contributed by atoms with Gasteiger partial charge in [-0.3, -0.25) is 0 Å². The van der Waals surface area contributed by atoms with Crippen LogP contribution < -0.4 is 5.32 Å². The van der Waals surface area contributed by atoms with Crippen LogP contribution in [0.3, 0.4) is 0 Å². The van der Waals surface area contributed by atoms with E-state index in [1.165, 1.54) is 0 Å². The molecule has 0 aromatic carbocycles. The van der Waals surface area contributed by atoms with Gasteiger partial charge in [0.25, 0.3) is 0 Å². The molecule has 0 atom stereocenters. The van der Waals surface area contributed by atoms with E-state index >= 15 is 0 Å². The van der Waals surface area contributed by atoms with Gasteiger partial charge in [0.15, 0.2) is 0 Å². The Morgan fingerprint density at radius 3 is 2.32 bits per heavy atom. The maximum atomic E-state index is 6.06. The van der Waals surface area contributed by atoms with Crippen LogP contribution in [-0.4, -0.2) is 15.5 Å². The maximum absolute atomic E-state index is 6.06. The topological polar surface area (TPSA) is 37.8 Å². The fourth-order valence-corrected chi connectivity index (χ4v) is 2.78. The van der Waals surface area contributed by atoms with Crippen LogP contribution in [-0.2, 0) is 6.42 Å². The average Bonchev–Trinajstić information content (AvgIpc) is 2.10. The monoisotopic (exact) mass is 283 g/mol. The van der Waals surface area contributed by atoms with Crippen molar-refractivity contribution in [2.45, 2.75) is 66.3 Å². The predicted molar refractivity (Wildman–Crippen MR) is 82.8 cm³/mol. The summed E-state index contributed by atoms with van der Waals surface area (Å²) in [6, 6.07) is 1.84. The molecule has 4 heteroatoms. The van der Waals surface area contributed by atoms with Crippen LogP contribution in [0.5, 0.6) is 0 Å². The molecule has 1 heterocycles. The Hall–Kier alpha value is -0.830. The summed E-state index contributed by atoms with van der Waals surface area (Å²) in [7, 11) is 0. The van der Waals surface area contributed by atoms with Gasteiger partial charge in [-0.1, -0.05) is 45.7 Å². The first kappa shape index (κ1) is 16.2. The first-order valence-corrected chi connectivity index (χ1v) is 7.31. The zero-order valence-electron chi connectivity index (χ0n) is 13.0. The minimum atomic E-state index is -0.0631. The molecule has 1 aromatic heterocycles. The summed E-state index contributed by atoms with van der Waals surface area (Å²) in [6.45, 7) is 13.2. The molecule has 0 saturated heterocycles. The SMILES string of the molecule is CCCc1cc(Cl)nc(NC(C)(C)CC(C)(C)C)n1. The summed E-state index contributed by atoms with van der Waals surface area (Å²) in [5.74, 6) is 0.630. The number of anilines is 1. The summed E-state index contributed by atoms with van der Waals surface area (Å²) in [5.41, 5.74) is 1.19. The Kier molecular flexibility index (Phi) is 5.19. The zero-order valence-corrected chi connectivity index (χ0v) is 13.7. The summed E-state index contributed by atoms with van der Waals surface area (Å²) in [4.78, 5) is 8.81. The van der Waals surface area contributed by atoms with E-state index in [2.05, 4.69) is 56.8 Å². The van der Waals surface area contributed by atoms with Crippen LogP contribution in [0.4, 0.5) is 5.95 Å². The number of aryl methyl sites for hydroxylation is 1. The molecule has 0 saturated carbocycles. The van der Waals surface area contributed by atoms with Crippen molar-refractivity contribution in [3.8, 4) is 0 Å². The first-order chi connectivity index (χ1) is 8.61. The Morgan fingerprint density at radius 1 is 1.16 bits per heavy atom. The molecule has 3 nitrogen and oxygen atoms in total. The van der Waals surface area contributed by atoms with Crippen molar-refractivity contribution in [2.24, 2.45) is 5.41 Å². The summed E-state index contributed by atoms with van der Waals surface area (Å²) in [6.07, 6.45) is 3.01. The molecule has 0 unspecified atom stereocenters. The molecule has 0 aliphatic rings. The number of aromatic nitrogens is 2. The Labute approximate surface area is 122 Å². The lowest BCUT2D eigenvalue weighted by Crippen LogP contribution is -2.36. The third kappa shape index (κ3) is 6.24. The number of rotatable bonds is 5. The second-order valence-corrected chi connectivity index (χ2v) is 7.39. The van der Waals surface area contributed by atoms with Crippen molar-refractivity contribution in [3.63, 3.8) is 0 Å². The van der Waals surface area contributed by atoms with Gasteiger partial charge in [-0.15, -0.1) is 0 Å². The molecule has 108 valence electrons. The van der Waals surface area contributed by atoms with Gasteiger partial charge >= 0.3 is 0 Å². The summed E-state index contributed by atoms with van der Waals surface area (Å²) in [5, 5.41) is 3.91. The van der Waals surface area contributed by atoms with E-state index in [0.29, 0.717) is 11.1 Å². The molecule has 1 aromatic rings. The Morgan fingerprint density at radius 2 is 1.79 bits per heavy atom. The summed E-state index contributed by atoms with van der Waals surface area (Å²) >= 11 is 6.06. The molecule has 0 aliphatic carbocycles. The number of nitrogens with zero attached hydrogens (tertiary/aromatic N) is 2. The van der Waals surface area contributed by atoms with Crippen LogP contribution in [0.2, 0.25) is 5.15 Å². The third-order valence-electron chi connectivity index (χ3n) is 2.68. The highest BCUT2D eigenvalue weighted by Crippen LogP contribution is 2.29. The first-order valence-electron chi connectivity index (χ1n) is 6.93. The van der Waals surface area contributed by atoms with E-state index < -0.39 is 0 Å². The molecule has 1 rings (SSSR count). The molecule has 0 aliphatic heterocycles. The van der Waals surface area contributed by atoms with E-state index in [1.54, 1.807) is 0 Å². The van der Waals surface area contributed by atoms with Crippen LogP contribution in [0.25, 0.3) is 0 Å². The molecule has 0 radical (unpaired) electrons.